The van der Waals surface area contributed by atoms with Gasteiger partial charge in [-0.05, 0) is 80.3 Å². The van der Waals surface area contributed by atoms with Crippen molar-refractivity contribution in [2.75, 3.05) is 19.7 Å². The molecule has 1 N–H and O–H groups in total. The average molecular weight is 508 g/mol. The van der Waals surface area contributed by atoms with Gasteiger partial charge < -0.3 is 14.6 Å². The normalized spacial score (nSPS) is 20.7. The molecule has 1 fully saturated rings. The van der Waals surface area contributed by atoms with Gasteiger partial charge in [0.1, 0.15) is 35.8 Å². The molecule has 0 aromatic heterocycles. The molecule has 5 rings (SSSR count). The van der Waals surface area contributed by atoms with E-state index in [0.29, 0.717) is 24.0 Å². The summed E-state index contributed by atoms with van der Waals surface area (Å²) < 4.78 is 27.0. The van der Waals surface area contributed by atoms with Gasteiger partial charge in [-0.15, -0.1) is 0 Å². The Bertz CT molecular complexity index is 1290. The van der Waals surface area contributed by atoms with Crippen LogP contribution in [0.1, 0.15) is 50.0 Å². The maximum absolute atomic E-state index is 14.4. The first-order valence-electron chi connectivity index (χ1n) is 12.4. The minimum absolute atomic E-state index is 0.0502. The van der Waals surface area contributed by atoms with Crippen LogP contribution in [0.25, 0.3) is 11.1 Å². The molecule has 0 amide bonds. The molecule has 0 radical (unpaired) electrons. The molecule has 2 heterocycles. The third kappa shape index (κ3) is 4.82. The minimum atomic E-state index is -0.500. The van der Waals surface area contributed by atoms with Crippen molar-refractivity contribution >= 4 is 22.7 Å². The summed E-state index contributed by atoms with van der Waals surface area (Å²) >= 11 is 6.42. The van der Waals surface area contributed by atoms with Crippen LogP contribution in [0.5, 0.6) is 17.2 Å². The highest BCUT2D eigenvalue weighted by atomic mass is 35.5. The summed E-state index contributed by atoms with van der Waals surface area (Å²) in [6.07, 6.45) is 0.744. The zero-order valence-electron chi connectivity index (χ0n) is 20.8. The van der Waals surface area contributed by atoms with Crippen molar-refractivity contribution in [3.05, 3.63) is 88.2 Å². The van der Waals surface area contributed by atoms with Crippen LogP contribution in [-0.2, 0) is 0 Å². The Morgan fingerprint density at radius 1 is 1.14 bits per heavy atom. The summed E-state index contributed by atoms with van der Waals surface area (Å²) in [6, 6.07) is 18.0. The largest absolute Gasteiger partial charge is 0.508 e. The molecule has 0 bridgehead atoms. The van der Waals surface area contributed by atoms with Gasteiger partial charge in [0.05, 0.1) is 5.02 Å². The minimum Gasteiger partial charge on any atom is -0.508 e. The first kappa shape index (κ1) is 24.7. The number of benzene rings is 3. The van der Waals surface area contributed by atoms with Crippen molar-refractivity contribution in [1.82, 2.24) is 4.90 Å². The van der Waals surface area contributed by atoms with Gasteiger partial charge in [0.25, 0.3) is 0 Å². The lowest BCUT2D eigenvalue weighted by Crippen LogP contribution is -2.35. The number of allylic oxidation sites excluding steroid dienone is 1. The Labute approximate surface area is 216 Å². The number of fused-ring (bicyclic) bond motifs is 1. The van der Waals surface area contributed by atoms with Crippen molar-refractivity contribution in [2.24, 2.45) is 5.92 Å². The molecule has 3 atom stereocenters. The van der Waals surface area contributed by atoms with Crippen LogP contribution in [0.4, 0.5) is 4.39 Å². The molecule has 2 aliphatic rings. The third-order valence-corrected chi connectivity index (χ3v) is 7.66. The van der Waals surface area contributed by atoms with E-state index in [1.54, 1.807) is 30.3 Å². The number of nitrogens with zero attached hydrogens (tertiary/aromatic N) is 1. The molecule has 36 heavy (non-hydrogen) atoms. The average Bonchev–Trinajstić information content (AvgIpc) is 3.31. The Kier molecular flexibility index (Phi) is 6.96. The molecule has 6 heteroatoms. The fraction of sp³-hybridized carbons (Fsp3) is 0.333. The number of likely N-dealkylation sites (tertiary alicyclic amines) is 1. The van der Waals surface area contributed by atoms with E-state index in [2.05, 4.69) is 18.7 Å². The maximum Gasteiger partial charge on any atom is 0.150 e. The van der Waals surface area contributed by atoms with E-state index < -0.39 is 11.9 Å². The number of aromatic hydroxyl groups is 1. The van der Waals surface area contributed by atoms with Gasteiger partial charge in [-0.25, -0.2) is 4.39 Å². The fourth-order valence-electron chi connectivity index (χ4n) is 5.16. The molecule has 0 saturated carbocycles. The summed E-state index contributed by atoms with van der Waals surface area (Å²) in [6.45, 7) is 9.33. The van der Waals surface area contributed by atoms with E-state index in [0.717, 1.165) is 47.0 Å². The van der Waals surface area contributed by atoms with Gasteiger partial charge in [0, 0.05) is 29.3 Å². The van der Waals surface area contributed by atoms with E-state index in [9.17, 15) is 9.50 Å². The van der Waals surface area contributed by atoms with Crippen molar-refractivity contribution in [1.29, 1.82) is 0 Å². The number of ether oxygens (including phenoxy) is 2. The standard InChI is InChI=1S/C30H31ClFNO3/c1-18-13-14-33(16-18)19(2)17-35-23-10-7-21(8-11-23)30-28(24-5-4-6-26(32)29(24)31)20(3)25-15-22(34)9-12-27(25)36-30/h4-12,15,18-19,30,34H,13-14,16-17H2,1-3H3/t18-,19+,30?/m1/s1. The first-order chi connectivity index (χ1) is 17.3. The lowest BCUT2D eigenvalue weighted by Gasteiger charge is -2.31. The number of phenolic OH excluding ortho intramolecular Hbond substituents is 1. The van der Waals surface area contributed by atoms with Crippen molar-refractivity contribution in [2.45, 2.75) is 39.3 Å². The van der Waals surface area contributed by atoms with Crippen molar-refractivity contribution in [3.8, 4) is 17.2 Å². The lowest BCUT2D eigenvalue weighted by molar-refractivity contribution is 0.169. The van der Waals surface area contributed by atoms with Crippen LogP contribution in [0.2, 0.25) is 5.02 Å². The molecular formula is C30H31ClFNO3. The monoisotopic (exact) mass is 507 g/mol. The van der Waals surface area contributed by atoms with E-state index in [4.69, 9.17) is 21.1 Å². The van der Waals surface area contributed by atoms with Crippen LogP contribution >= 0.6 is 11.6 Å². The molecule has 4 nitrogen and oxygen atoms in total. The van der Waals surface area contributed by atoms with Crippen LogP contribution in [-0.4, -0.2) is 35.7 Å². The van der Waals surface area contributed by atoms with Gasteiger partial charge >= 0.3 is 0 Å². The van der Waals surface area contributed by atoms with Crippen molar-refractivity contribution in [3.63, 3.8) is 0 Å². The number of hydrogen-bond donors (Lipinski definition) is 1. The maximum atomic E-state index is 14.4. The quantitative estimate of drug-likeness (QED) is 0.378. The Hall–Kier alpha value is -3.02. The second-order valence-corrected chi connectivity index (χ2v) is 10.3. The number of phenols is 1. The van der Waals surface area contributed by atoms with Gasteiger partial charge in [-0.3, -0.25) is 4.90 Å². The molecular weight excluding hydrogens is 477 g/mol. The Morgan fingerprint density at radius 2 is 1.92 bits per heavy atom. The van der Waals surface area contributed by atoms with Gasteiger partial charge in [0.15, 0.2) is 0 Å². The topological polar surface area (TPSA) is 41.9 Å². The summed E-state index contributed by atoms with van der Waals surface area (Å²) in [5.41, 5.74) is 3.87. The Morgan fingerprint density at radius 3 is 2.64 bits per heavy atom. The zero-order valence-corrected chi connectivity index (χ0v) is 21.6. The molecule has 0 aliphatic carbocycles. The number of rotatable bonds is 6. The number of halogens is 2. The number of hydrogen-bond acceptors (Lipinski definition) is 4. The van der Waals surface area contributed by atoms with E-state index in [-0.39, 0.29) is 10.8 Å². The molecule has 0 spiro atoms. The van der Waals surface area contributed by atoms with Crippen LogP contribution in [0, 0.1) is 11.7 Å². The molecule has 188 valence electrons. The zero-order chi connectivity index (χ0) is 25.4. The summed E-state index contributed by atoms with van der Waals surface area (Å²) in [7, 11) is 0. The van der Waals surface area contributed by atoms with Crippen LogP contribution in [0.3, 0.4) is 0 Å². The smallest absolute Gasteiger partial charge is 0.150 e. The summed E-state index contributed by atoms with van der Waals surface area (Å²) in [5, 5.41) is 10.1. The third-order valence-electron chi connectivity index (χ3n) is 7.27. The van der Waals surface area contributed by atoms with Gasteiger partial charge in [-0.2, -0.15) is 0 Å². The van der Waals surface area contributed by atoms with Crippen LogP contribution < -0.4 is 9.47 Å². The molecule has 2 aliphatic heterocycles. The van der Waals surface area contributed by atoms with E-state index in [1.807, 2.05) is 31.2 Å². The predicted molar refractivity (Wildman–Crippen MR) is 142 cm³/mol. The molecule has 3 aromatic rings. The second-order valence-electron chi connectivity index (χ2n) is 9.94. The Balaban J connectivity index is 1.43. The SMILES string of the molecule is CC1=C(c2cccc(F)c2Cl)C(c2ccc(OC[C@H](C)N3CC[C@@H](C)C3)cc2)Oc2ccc(O)cc21. The highest BCUT2D eigenvalue weighted by Crippen LogP contribution is 2.49. The summed E-state index contributed by atoms with van der Waals surface area (Å²) in [4.78, 5) is 2.48. The van der Waals surface area contributed by atoms with Crippen molar-refractivity contribution < 1.29 is 19.0 Å². The van der Waals surface area contributed by atoms with Crippen LogP contribution in [0.15, 0.2) is 60.7 Å². The first-order valence-corrected chi connectivity index (χ1v) is 12.8. The van der Waals surface area contributed by atoms with E-state index >= 15 is 0 Å². The summed E-state index contributed by atoms with van der Waals surface area (Å²) in [5.74, 6) is 1.85. The highest BCUT2D eigenvalue weighted by Gasteiger charge is 2.31. The molecule has 1 unspecified atom stereocenters. The highest BCUT2D eigenvalue weighted by molar-refractivity contribution is 6.33. The molecule has 3 aromatic carbocycles. The van der Waals surface area contributed by atoms with Gasteiger partial charge in [0.2, 0.25) is 0 Å². The van der Waals surface area contributed by atoms with Gasteiger partial charge in [-0.1, -0.05) is 42.8 Å². The van der Waals surface area contributed by atoms with E-state index in [1.165, 1.54) is 12.5 Å². The second kappa shape index (κ2) is 10.2. The fourth-order valence-corrected chi connectivity index (χ4v) is 5.39. The predicted octanol–water partition coefficient (Wildman–Crippen LogP) is 7.36. The molecule has 1 saturated heterocycles. The lowest BCUT2D eigenvalue weighted by atomic mass is 9.86.